The van der Waals surface area contributed by atoms with Crippen LogP contribution in [0.2, 0.25) is 0 Å². The SMILES string of the molecule is C#Cc1ccc(S(=O)(=O)N[C@H](C)C(=O)NO)cc1. The minimum atomic E-state index is -3.83. The van der Waals surface area contributed by atoms with Crippen molar-refractivity contribution in [3.8, 4) is 12.3 Å². The fourth-order valence-corrected chi connectivity index (χ4v) is 2.38. The molecule has 0 spiro atoms. The van der Waals surface area contributed by atoms with Gasteiger partial charge in [-0.05, 0) is 31.2 Å². The van der Waals surface area contributed by atoms with Gasteiger partial charge in [0, 0.05) is 5.56 Å². The van der Waals surface area contributed by atoms with E-state index < -0.39 is 22.0 Å². The molecule has 0 heterocycles. The maximum atomic E-state index is 11.8. The van der Waals surface area contributed by atoms with Gasteiger partial charge in [0.05, 0.1) is 4.90 Å². The first-order valence-corrected chi connectivity index (χ1v) is 6.42. The predicted octanol–water partition coefficient (Wildman–Crippen LogP) is -0.160. The molecule has 0 radical (unpaired) electrons. The van der Waals surface area contributed by atoms with Gasteiger partial charge in [-0.15, -0.1) is 6.42 Å². The lowest BCUT2D eigenvalue weighted by molar-refractivity contribution is -0.130. The van der Waals surface area contributed by atoms with Gasteiger partial charge < -0.3 is 0 Å². The topological polar surface area (TPSA) is 95.5 Å². The summed E-state index contributed by atoms with van der Waals surface area (Å²) >= 11 is 0. The van der Waals surface area contributed by atoms with Crippen LogP contribution in [0.3, 0.4) is 0 Å². The van der Waals surface area contributed by atoms with Crippen LogP contribution in [0.5, 0.6) is 0 Å². The molecule has 0 aromatic heterocycles. The highest BCUT2D eigenvalue weighted by atomic mass is 32.2. The van der Waals surface area contributed by atoms with Crippen LogP contribution in [0.1, 0.15) is 12.5 Å². The summed E-state index contributed by atoms with van der Waals surface area (Å²) in [5.41, 5.74) is 1.92. The third-order valence-electron chi connectivity index (χ3n) is 2.17. The van der Waals surface area contributed by atoms with Crippen molar-refractivity contribution in [2.75, 3.05) is 0 Å². The van der Waals surface area contributed by atoms with Crippen LogP contribution in [0.15, 0.2) is 29.2 Å². The maximum Gasteiger partial charge on any atom is 0.261 e. The van der Waals surface area contributed by atoms with Crippen molar-refractivity contribution in [2.45, 2.75) is 17.9 Å². The van der Waals surface area contributed by atoms with Crippen LogP contribution < -0.4 is 10.2 Å². The van der Waals surface area contributed by atoms with Crippen molar-refractivity contribution in [1.82, 2.24) is 10.2 Å². The third-order valence-corrected chi connectivity index (χ3v) is 3.72. The highest BCUT2D eigenvalue weighted by molar-refractivity contribution is 7.89. The molecule has 1 aromatic rings. The molecule has 3 N–H and O–H groups in total. The number of hydroxylamine groups is 1. The molecule has 0 fully saturated rings. The molecule has 0 saturated heterocycles. The first-order valence-electron chi connectivity index (χ1n) is 4.93. The van der Waals surface area contributed by atoms with E-state index in [2.05, 4.69) is 10.6 Å². The molecule has 6 nitrogen and oxygen atoms in total. The van der Waals surface area contributed by atoms with Crippen molar-refractivity contribution in [3.05, 3.63) is 29.8 Å². The fourth-order valence-electron chi connectivity index (χ4n) is 1.18. The highest BCUT2D eigenvalue weighted by Gasteiger charge is 2.21. The zero-order valence-electron chi connectivity index (χ0n) is 9.54. The number of hydrogen-bond donors (Lipinski definition) is 3. The summed E-state index contributed by atoms with van der Waals surface area (Å²) < 4.78 is 25.8. The van der Waals surface area contributed by atoms with Gasteiger partial charge in [0.15, 0.2) is 0 Å². The van der Waals surface area contributed by atoms with E-state index in [4.69, 9.17) is 11.6 Å². The van der Waals surface area contributed by atoms with E-state index in [0.29, 0.717) is 5.56 Å². The number of sulfonamides is 1. The minimum Gasteiger partial charge on any atom is -0.289 e. The smallest absolute Gasteiger partial charge is 0.261 e. The number of hydrogen-bond acceptors (Lipinski definition) is 4. The van der Waals surface area contributed by atoms with E-state index >= 15 is 0 Å². The molecular weight excluding hydrogens is 256 g/mol. The molecule has 1 rings (SSSR count). The lowest BCUT2D eigenvalue weighted by atomic mass is 10.2. The number of amides is 1. The molecule has 7 heteroatoms. The molecule has 0 saturated carbocycles. The fraction of sp³-hybridized carbons (Fsp3) is 0.182. The second-order valence-corrected chi connectivity index (χ2v) is 5.20. The van der Waals surface area contributed by atoms with Crippen LogP contribution in [0.4, 0.5) is 0 Å². The van der Waals surface area contributed by atoms with Crippen LogP contribution in [0.25, 0.3) is 0 Å². The monoisotopic (exact) mass is 268 g/mol. The van der Waals surface area contributed by atoms with E-state index in [1.54, 1.807) is 0 Å². The van der Waals surface area contributed by atoms with Crippen molar-refractivity contribution < 1.29 is 18.4 Å². The Morgan fingerprint density at radius 3 is 2.39 bits per heavy atom. The predicted molar refractivity (Wildman–Crippen MR) is 64.1 cm³/mol. The minimum absolute atomic E-state index is 0.0147. The van der Waals surface area contributed by atoms with Crippen molar-refractivity contribution >= 4 is 15.9 Å². The number of terminal acetylenes is 1. The number of carbonyl (C=O) groups is 1. The lowest BCUT2D eigenvalue weighted by Crippen LogP contribution is -2.43. The van der Waals surface area contributed by atoms with Gasteiger partial charge in [0.25, 0.3) is 5.91 Å². The summed E-state index contributed by atoms with van der Waals surface area (Å²) in [5, 5.41) is 8.38. The Kier molecular flexibility index (Phi) is 4.44. The van der Waals surface area contributed by atoms with Crippen LogP contribution >= 0.6 is 0 Å². The zero-order valence-corrected chi connectivity index (χ0v) is 10.4. The van der Waals surface area contributed by atoms with Crippen LogP contribution in [-0.2, 0) is 14.8 Å². The van der Waals surface area contributed by atoms with Crippen LogP contribution in [-0.4, -0.2) is 25.6 Å². The van der Waals surface area contributed by atoms with E-state index in [1.807, 2.05) is 0 Å². The number of nitrogens with one attached hydrogen (secondary N) is 2. The molecule has 0 unspecified atom stereocenters. The van der Waals surface area contributed by atoms with Gasteiger partial charge in [-0.25, -0.2) is 13.9 Å². The Morgan fingerprint density at radius 1 is 1.39 bits per heavy atom. The Hall–Kier alpha value is -1.88. The quantitative estimate of drug-likeness (QED) is 0.402. The summed E-state index contributed by atoms with van der Waals surface area (Å²) in [6.07, 6.45) is 5.15. The Bertz CT molecular complexity index is 572. The normalized spacial score (nSPS) is 12.5. The van der Waals surface area contributed by atoms with E-state index in [1.165, 1.54) is 36.7 Å². The van der Waals surface area contributed by atoms with Crippen LogP contribution in [0, 0.1) is 12.3 Å². The zero-order chi connectivity index (χ0) is 13.8. The van der Waals surface area contributed by atoms with Crippen molar-refractivity contribution in [1.29, 1.82) is 0 Å². The standard InChI is InChI=1S/C11H12N2O4S/c1-3-9-4-6-10(7-5-9)18(16,17)13-8(2)11(14)12-15/h1,4-8,13,15H,2H3,(H,12,14)/t8-/m1/s1. The summed E-state index contributed by atoms with van der Waals surface area (Å²) in [6, 6.07) is 4.53. The van der Waals surface area contributed by atoms with E-state index in [9.17, 15) is 13.2 Å². The van der Waals surface area contributed by atoms with Gasteiger partial charge in [0.1, 0.15) is 6.04 Å². The van der Waals surface area contributed by atoms with Gasteiger partial charge in [-0.3, -0.25) is 10.0 Å². The number of benzene rings is 1. The maximum absolute atomic E-state index is 11.8. The molecular formula is C11H12N2O4S. The van der Waals surface area contributed by atoms with Gasteiger partial charge >= 0.3 is 0 Å². The average Bonchev–Trinajstić information content (AvgIpc) is 2.37. The molecule has 1 aromatic carbocycles. The molecule has 0 aliphatic heterocycles. The summed E-state index contributed by atoms with van der Waals surface area (Å²) in [7, 11) is -3.83. The molecule has 0 bridgehead atoms. The summed E-state index contributed by atoms with van der Waals surface area (Å²) in [6.45, 7) is 1.30. The molecule has 18 heavy (non-hydrogen) atoms. The van der Waals surface area contributed by atoms with Crippen molar-refractivity contribution in [2.24, 2.45) is 0 Å². The highest BCUT2D eigenvalue weighted by Crippen LogP contribution is 2.10. The summed E-state index contributed by atoms with van der Waals surface area (Å²) in [4.78, 5) is 11.0. The average molecular weight is 268 g/mol. The number of rotatable bonds is 4. The third kappa shape index (κ3) is 3.30. The molecule has 0 aliphatic rings. The Balaban J connectivity index is 2.93. The Labute approximate surface area is 105 Å². The van der Waals surface area contributed by atoms with E-state index in [-0.39, 0.29) is 4.90 Å². The largest absolute Gasteiger partial charge is 0.289 e. The van der Waals surface area contributed by atoms with Gasteiger partial charge in [-0.2, -0.15) is 4.72 Å². The molecule has 1 amide bonds. The first-order chi connectivity index (χ1) is 8.40. The van der Waals surface area contributed by atoms with Gasteiger partial charge in [-0.1, -0.05) is 5.92 Å². The second-order valence-electron chi connectivity index (χ2n) is 3.49. The Morgan fingerprint density at radius 2 is 1.94 bits per heavy atom. The lowest BCUT2D eigenvalue weighted by Gasteiger charge is -2.12. The molecule has 0 aliphatic carbocycles. The number of carbonyl (C=O) groups excluding carboxylic acids is 1. The first kappa shape index (κ1) is 14.2. The molecule has 96 valence electrons. The molecule has 1 atom stereocenters. The second kappa shape index (κ2) is 5.64. The van der Waals surface area contributed by atoms with Crippen molar-refractivity contribution in [3.63, 3.8) is 0 Å². The summed E-state index contributed by atoms with van der Waals surface area (Å²) in [5.74, 6) is 1.51. The van der Waals surface area contributed by atoms with Gasteiger partial charge in [0.2, 0.25) is 10.0 Å². The van der Waals surface area contributed by atoms with E-state index in [0.717, 1.165) is 0 Å².